The Bertz CT molecular complexity index is 1140. The molecule has 2 aromatic carbocycles. The zero-order valence-corrected chi connectivity index (χ0v) is 19.3. The highest BCUT2D eigenvalue weighted by molar-refractivity contribution is 6.31. The Morgan fingerprint density at radius 1 is 1.21 bits per heavy atom. The second kappa shape index (κ2) is 10.2. The van der Waals surface area contributed by atoms with E-state index in [1.54, 1.807) is 19.2 Å². The van der Waals surface area contributed by atoms with Gasteiger partial charge in [0.1, 0.15) is 12.1 Å². The fourth-order valence-electron chi connectivity index (χ4n) is 3.98. The number of fused-ring (bicyclic) bond motifs is 1. The highest BCUT2D eigenvalue weighted by Gasteiger charge is 2.27. The average molecular weight is 473 g/mol. The van der Waals surface area contributed by atoms with Crippen molar-refractivity contribution in [2.45, 2.75) is 44.8 Å². The van der Waals surface area contributed by atoms with E-state index in [0.29, 0.717) is 17.2 Å². The molecule has 1 aliphatic carbocycles. The molecule has 1 aliphatic rings. The molecule has 0 saturated heterocycles. The molecule has 1 N–H and O–H groups in total. The normalized spacial score (nSPS) is 18.1. The SMILES string of the molecule is CC(=O)N(C)[C@H]1CC[C@@H](Oc2cc3cncnc3cc2OCNc2ccc(F)c(Cl)c2)CC1. The largest absolute Gasteiger partial charge is 0.487 e. The molecule has 4 rings (SSSR count). The molecule has 0 atom stereocenters. The summed E-state index contributed by atoms with van der Waals surface area (Å²) in [6.45, 7) is 1.72. The molecular formula is C24H26ClFN4O3. The minimum Gasteiger partial charge on any atom is -0.487 e. The van der Waals surface area contributed by atoms with Crippen LogP contribution in [0.15, 0.2) is 42.9 Å². The summed E-state index contributed by atoms with van der Waals surface area (Å²) in [6, 6.07) is 8.34. The fourth-order valence-corrected chi connectivity index (χ4v) is 4.17. The van der Waals surface area contributed by atoms with Crippen molar-refractivity contribution in [1.82, 2.24) is 14.9 Å². The molecule has 1 saturated carbocycles. The number of carbonyl (C=O) groups excluding carboxylic acids is 1. The van der Waals surface area contributed by atoms with Crippen LogP contribution < -0.4 is 14.8 Å². The lowest BCUT2D eigenvalue weighted by molar-refractivity contribution is -0.130. The van der Waals surface area contributed by atoms with Crippen molar-refractivity contribution in [2.24, 2.45) is 0 Å². The second-order valence-corrected chi connectivity index (χ2v) is 8.56. The summed E-state index contributed by atoms with van der Waals surface area (Å²) >= 11 is 5.84. The van der Waals surface area contributed by atoms with Gasteiger partial charge in [-0.05, 0) is 49.9 Å². The van der Waals surface area contributed by atoms with Crippen molar-refractivity contribution in [3.63, 3.8) is 0 Å². The first-order valence-corrected chi connectivity index (χ1v) is 11.2. The van der Waals surface area contributed by atoms with Gasteiger partial charge in [0.25, 0.3) is 0 Å². The molecule has 3 aromatic rings. The highest BCUT2D eigenvalue weighted by Crippen LogP contribution is 2.35. The van der Waals surface area contributed by atoms with Crippen molar-refractivity contribution in [1.29, 1.82) is 0 Å². The van der Waals surface area contributed by atoms with E-state index < -0.39 is 5.82 Å². The van der Waals surface area contributed by atoms with E-state index >= 15 is 0 Å². The van der Waals surface area contributed by atoms with Crippen molar-refractivity contribution >= 4 is 34.1 Å². The van der Waals surface area contributed by atoms with Gasteiger partial charge in [0.05, 0.1) is 16.6 Å². The molecule has 7 nitrogen and oxygen atoms in total. The second-order valence-electron chi connectivity index (χ2n) is 8.15. The van der Waals surface area contributed by atoms with Crippen LogP contribution in [0.2, 0.25) is 5.02 Å². The minimum atomic E-state index is -0.475. The molecule has 0 unspecified atom stereocenters. The van der Waals surface area contributed by atoms with Gasteiger partial charge < -0.3 is 19.7 Å². The van der Waals surface area contributed by atoms with Crippen molar-refractivity contribution in [3.8, 4) is 11.5 Å². The number of halogens is 2. The molecule has 0 radical (unpaired) electrons. The van der Waals surface area contributed by atoms with Crippen LogP contribution in [0.5, 0.6) is 11.5 Å². The molecule has 1 aromatic heterocycles. The standard InChI is InChI=1S/C24H26ClFN4O3/c1-15(31)30(2)18-4-6-19(7-5-18)33-24-9-16-12-27-13-28-22(16)11-23(24)32-14-29-17-3-8-21(26)20(25)10-17/h3,8-13,18-19,29H,4-7,14H2,1-2H3/t18-,19+. The third-order valence-corrected chi connectivity index (χ3v) is 6.27. The van der Waals surface area contributed by atoms with Crippen molar-refractivity contribution in [3.05, 3.63) is 53.7 Å². The number of hydrogen-bond donors (Lipinski definition) is 1. The van der Waals surface area contributed by atoms with Gasteiger partial charge >= 0.3 is 0 Å². The van der Waals surface area contributed by atoms with E-state index in [2.05, 4.69) is 15.3 Å². The lowest BCUT2D eigenvalue weighted by Gasteiger charge is -2.34. The lowest BCUT2D eigenvalue weighted by atomic mass is 9.92. The van der Waals surface area contributed by atoms with Gasteiger partial charge in [0.2, 0.25) is 5.91 Å². The maximum Gasteiger partial charge on any atom is 0.219 e. The van der Waals surface area contributed by atoms with Gasteiger partial charge in [0.15, 0.2) is 18.2 Å². The van der Waals surface area contributed by atoms with Crippen molar-refractivity contribution < 1.29 is 18.7 Å². The molecule has 1 heterocycles. The van der Waals surface area contributed by atoms with Crippen LogP contribution in [-0.4, -0.2) is 46.7 Å². The predicted molar refractivity (Wildman–Crippen MR) is 125 cm³/mol. The Labute approximate surface area is 196 Å². The van der Waals surface area contributed by atoms with Gasteiger partial charge in [0, 0.05) is 43.4 Å². The molecule has 1 fully saturated rings. The number of amides is 1. The highest BCUT2D eigenvalue weighted by atomic mass is 35.5. The van der Waals surface area contributed by atoms with E-state index in [9.17, 15) is 9.18 Å². The molecule has 1 amide bonds. The Morgan fingerprint density at radius 3 is 2.73 bits per heavy atom. The smallest absolute Gasteiger partial charge is 0.219 e. The number of hydrogen-bond acceptors (Lipinski definition) is 6. The Balaban J connectivity index is 1.45. The molecule has 0 bridgehead atoms. The van der Waals surface area contributed by atoms with Crippen LogP contribution in [0.25, 0.3) is 10.9 Å². The predicted octanol–water partition coefficient (Wildman–Crippen LogP) is 5.04. The summed E-state index contributed by atoms with van der Waals surface area (Å²) in [6.07, 6.45) is 6.71. The summed E-state index contributed by atoms with van der Waals surface area (Å²) in [4.78, 5) is 21.9. The van der Waals surface area contributed by atoms with Gasteiger partial charge in [-0.2, -0.15) is 0 Å². The Kier molecular flexibility index (Phi) is 7.13. The quantitative estimate of drug-likeness (QED) is 0.485. The maximum absolute atomic E-state index is 13.4. The third-order valence-electron chi connectivity index (χ3n) is 5.98. The van der Waals surface area contributed by atoms with Crippen LogP contribution in [0.4, 0.5) is 10.1 Å². The van der Waals surface area contributed by atoms with Gasteiger partial charge in [-0.15, -0.1) is 0 Å². The van der Waals surface area contributed by atoms with Gasteiger partial charge in [-0.25, -0.2) is 14.4 Å². The monoisotopic (exact) mass is 472 g/mol. The maximum atomic E-state index is 13.4. The number of anilines is 1. The van der Waals surface area contributed by atoms with E-state index in [4.69, 9.17) is 21.1 Å². The third kappa shape index (κ3) is 5.63. The summed E-state index contributed by atoms with van der Waals surface area (Å²) < 4.78 is 25.7. The van der Waals surface area contributed by atoms with E-state index in [1.165, 1.54) is 18.5 Å². The zero-order valence-electron chi connectivity index (χ0n) is 18.6. The Hall–Kier alpha value is -3.13. The number of aromatic nitrogens is 2. The number of nitrogens with one attached hydrogen (secondary N) is 1. The van der Waals surface area contributed by atoms with Crippen LogP contribution in [0.3, 0.4) is 0 Å². The van der Waals surface area contributed by atoms with Crippen LogP contribution in [0, 0.1) is 5.82 Å². The summed E-state index contributed by atoms with van der Waals surface area (Å²) in [5.41, 5.74) is 1.38. The zero-order chi connectivity index (χ0) is 23.4. The molecule has 9 heteroatoms. The van der Waals surface area contributed by atoms with Crippen LogP contribution >= 0.6 is 11.6 Å². The summed E-state index contributed by atoms with van der Waals surface area (Å²) in [7, 11) is 1.85. The average Bonchev–Trinajstić information content (AvgIpc) is 2.81. The first-order chi connectivity index (χ1) is 15.9. The van der Waals surface area contributed by atoms with Gasteiger partial charge in [-0.3, -0.25) is 4.79 Å². The minimum absolute atomic E-state index is 0.0231. The molecular weight excluding hydrogens is 447 g/mol. The van der Waals surface area contributed by atoms with Crippen LogP contribution in [0.1, 0.15) is 32.6 Å². The first-order valence-electron chi connectivity index (χ1n) is 10.9. The number of rotatable bonds is 7. The lowest BCUT2D eigenvalue weighted by Crippen LogP contribution is -2.40. The van der Waals surface area contributed by atoms with E-state index in [0.717, 1.165) is 36.6 Å². The van der Waals surface area contributed by atoms with Crippen LogP contribution in [-0.2, 0) is 4.79 Å². The number of carbonyl (C=O) groups is 1. The van der Waals surface area contributed by atoms with Crippen molar-refractivity contribution in [2.75, 3.05) is 19.1 Å². The van der Waals surface area contributed by atoms with E-state index in [1.807, 2.05) is 24.1 Å². The number of ether oxygens (including phenoxy) is 2. The molecule has 0 spiro atoms. The topological polar surface area (TPSA) is 76.6 Å². The summed E-state index contributed by atoms with van der Waals surface area (Å²) in [5.74, 6) is 0.765. The first kappa shape index (κ1) is 23.0. The number of nitrogens with zero attached hydrogens (tertiary/aromatic N) is 3. The summed E-state index contributed by atoms with van der Waals surface area (Å²) in [5, 5.41) is 3.96. The van der Waals surface area contributed by atoms with Gasteiger partial charge in [-0.1, -0.05) is 11.6 Å². The molecule has 174 valence electrons. The Morgan fingerprint density at radius 2 is 2.00 bits per heavy atom. The molecule has 0 aliphatic heterocycles. The fraction of sp³-hybridized carbons (Fsp3) is 0.375. The molecule has 33 heavy (non-hydrogen) atoms. The number of benzene rings is 2. The van der Waals surface area contributed by atoms with E-state index in [-0.39, 0.29) is 29.8 Å².